The smallest absolute Gasteiger partial charge is 0.339 e. The number of rotatable bonds is 3. The molecule has 2 aromatic rings. The molecule has 0 spiro atoms. The molecule has 0 aliphatic carbocycles. The van der Waals surface area contributed by atoms with Gasteiger partial charge in [0, 0.05) is 12.6 Å². The molecule has 0 fully saturated rings. The van der Waals surface area contributed by atoms with Gasteiger partial charge in [0.15, 0.2) is 0 Å². The van der Waals surface area contributed by atoms with Crippen molar-refractivity contribution in [1.82, 2.24) is 4.98 Å². The fourth-order valence-electron chi connectivity index (χ4n) is 2.32. The Kier molecular flexibility index (Phi) is 3.74. The Morgan fingerprint density at radius 2 is 1.85 bits per heavy atom. The third-order valence-corrected chi connectivity index (χ3v) is 3.32. The third-order valence-electron chi connectivity index (χ3n) is 3.32. The van der Waals surface area contributed by atoms with Crippen LogP contribution >= 0.6 is 0 Å². The Morgan fingerprint density at radius 3 is 2.40 bits per heavy atom. The number of carboxylic acids is 1. The summed E-state index contributed by atoms with van der Waals surface area (Å²) >= 11 is 0. The van der Waals surface area contributed by atoms with Crippen molar-refractivity contribution in [3.05, 3.63) is 46.5 Å². The molecule has 20 heavy (non-hydrogen) atoms. The molecule has 1 heterocycles. The second-order valence-corrected chi connectivity index (χ2v) is 4.92. The summed E-state index contributed by atoms with van der Waals surface area (Å²) in [6.45, 7) is 5.96. The number of nitrogens with zero attached hydrogens (tertiary/aromatic N) is 1. The van der Waals surface area contributed by atoms with Crippen LogP contribution in [0.25, 0.3) is 11.3 Å². The Hall–Kier alpha value is -2.36. The molecule has 0 amide bonds. The number of benzene rings is 1. The van der Waals surface area contributed by atoms with Crippen LogP contribution in [-0.2, 0) is 0 Å². The largest absolute Gasteiger partial charge is 0.478 e. The lowest BCUT2D eigenvalue weighted by atomic mass is 9.99. The van der Waals surface area contributed by atoms with E-state index in [2.05, 4.69) is 16.4 Å². The molecule has 0 unspecified atom stereocenters. The number of aryl methyl sites for hydroxylation is 3. The maximum Gasteiger partial charge on any atom is 0.339 e. The van der Waals surface area contributed by atoms with E-state index in [9.17, 15) is 9.90 Å². The Balaban J connectivity index is 2.66. The summed E-state index contributed by atoms with van der Waals surface area (Å²) < 4.78 is 0. The van der Waals surface area contributed by atoms with Crippen LogP contribution in [0.1, 0.15) is 27.0 Å². The number of carboxylic acid groups (broad SMARTS) is 1. The highest BCUT2D eigenvalue weighted by Gasteiger charge is 2.16. The van der Waals surface area contributed by atoms with Gasteiger partial charge in [0.1, 0.15) is 11.4 Å². The SMILES string of the molecule is CNc1nc(-c2ccc(C)cc2C)c(C)cc1C(=O)O. The molecule has 0 atom stereocenters. The average molecular weight is 270 g/mol. The van der Waals surface area contributed by atoms with Crippen molar-refractivity contribution in [2.45, 2.75) is 20.8 Å². The molecule has 1 aromatic heterocycles. The van der Waals surface area contributed by atoms with Crippen molar-refractivity contribution in [3.63, 3.8) is 0 Å². The first kappa shape index (κ1) is 14.1. The van der Waals surface area contributed by atoms with E-state index in [0.717, 1.165) is 22.4 Å². The van der Waals surface area contributed by atoms with Gasteiger partial charge in [0.05, 0.1) is 5.69 Å². The highest BCUT2D eigenvalue weighted by molar-refractivity contribution is 5.94. The highest BCUT2D eigenvalue weighted by atomic mass is 16.4. The molecule has 0 aliphatic rings. The maximum absolute atomic E-state index is 11.2. The van der Waals surface area contributed by atoms with Crippen LogP contribution in [0.5, 0.6) is 0 Å². The summed E-state index contributed by atoms with van der Waals surface area (Å²) in [5, 5.41) is 12.0. The van der Waals surface area contributed by atoms with Gasteiger partial charge in [-0.05, 0) is 38.0 Å². The minimum absolute atomic E-state index is 0.193. The summed E-state index contributed by atoms with van der Waals surface area (Å²) in [5.74, 6) is -0.588. The molecular formula is C16H18N2O2. The van der Waals surface area contributed by atoms with Crippen LogP contribution in [-0.4, -0.2) is 23.1 Å². The summed E-state index contributed by atoms with van der Waals surface area (Å²) in [7, 11) is 1.68. The van der Waals surface area contributed by atoms with E-state index in [1.807, 2.05) is 32.9 Å². The van der Waals surface area contributed by atoms with Gasteiger partial charge in [-0.2, -0.15) is 0 Å². The van der Waals surface area contributed by atoms with Crippen molar-refractivity contribution < 1.29 is 9.90 Å². The minimum atomic E-state index is -0.975. The van der Waals surface area contributed by atoms with Crippen LogP contribution in [0.3, 0.4) is 0 Å². The lowest BCUT2D eigenvalue weighted by Crippen LogP contribution is -2.07. The monoisotopic (exact) mass is 270 g/mol. The molecule has 0 saturated carbocycles. The molecule has 0 bridgehead atoms. The Bertz CT molecular complexity index is 678. The number of anilines is 1. The lowest BCUT2D eigenvalue weighted by Gasteiger charge is -2.13. The first-order valence-corrected chi connectivity index (χ1v) is 6.44. The molecule has 2 rings (SSSR count). The fraction of sp³-hybridized carbons (Fsp3) is 0.250. The lowest BCUT2D eigenvalue weighted by molar-refractivity contribution is 0.0697. The Labute approximate surface area is 118 Å². The first-order valence-electron chi connectivity index (χ1n) is 6.44. The second kappa shape index (κ2) is 5.33. The van der Waals surface area contributed by atoms with Crippen molar-refractivity contribution >= 4 is 11.8 Å². The van der Waals surface area contributed by atoms with E-state index < -0.39 is 5.97 Å². The average Bonchev–Trinajstić information content (AvgIpc) is 2.39. The number of pyridine rings is 1. The molecule has 104 valence electrons. The normalized spacial score (nSPS) is 10.4. The van der Waals surface area contributed by atoms with Gasteiger partial charge in [0.2, 0.25) is 0 Å². The number of aromatic carboxylic acids is 1. The van der Waals surface area contributed by atoms with E-state index in [4.69, 9.17) is 0 Å². The first-order chi connectivity index (χ1) is 9.43. The number of carbonyl (C=O) groups is 1. The molecule has 2 N–H and O–H groups in total. The van der Waals surface area contributed by atoms with Crippen molar-refractivity contribution in [2.24, 2.45) is 0 Å². The van der Waals surface area contributed by atoms with Gasteiger partial charge in [0.25, 0.3) is 0 Å². The zero-order chi connectivity index (χ0) is 14.9. The molecule has 0 aliphatic heterocycles. The summed E-state index contributed by atoms with van der Waals surface area (Å²) in [6, 6.07) is 7.82. The highest BCUT2D eigenvalue weighted by Crippen LogP contribution is 2.28. The van der Waals surface area contributed by atoms with E-state index >= 15 is 0 Å². The standard InChI is InChI=1S/C16H18N2O2/c1-9-5-6-12(10(2)7-9)14-11(3)8-13(16(19)20)15(17-4)18-14/h5-8H,1-4H3,(H,17,18)(H,19,20). The van der Waals surface area contributed by atoms with Crippen LogP contribution < -0.4 is 5.32 Å². The number of aromatic nitrogens is 1. The van der Waals surface area contributed by atoms with E-state index in [-0.39, 0.29) is 5.56 Å². The van der Waals surface area contributed by atoms with E-state index in [1.54, 1.807) is 13.1 Å². The molecular weight excluding hydrogens is 252 g/mol. The van der Waals surface area contributed by atoms with Gasteiger partial charge >= 0.3 is 5.97 Å². The number of nitrogens with one attached hydrogen (secondary N) is 1. The number of hydrogen-bond donors (Lipinski definition) is 2. The van der Waals surface area contributed by atoms with Crippen molar-refractivity contribution in [2.75, 3.05) is 12.4 Å². The number of hydrogen-bond acceptors (Lipinski definition) is 3. The minimum Gasteiger partial charge on any atom is -0.478 e. The van der Waals surface area contributed by atoms with E-state index in [1.165, 1.54) is 5.56 Å². The molecule has 4 nitrogen and oxygen atoms in total. The molecule has 1 aromatic carbocycles. The fourth-order valence-corrected chi connectivity index (χ4v) is 2.32. The zero-order valence-electron chi connectivity index (χ0n) is 12.1. The van der Waals surface area contributed by atoms with Gasteiger partial charge in [-0.1, -0.05) is 23.8 Å². The van der Waals surface area contributed by atoms with Gasteiger partial charge in [-0.25, -0.2) is 9.78 Å². The van der Waals surface area contributed by atoms with Crippen LogP contribution in [0, 0.1) is 20.8 Å². The predicted molar refractivity (Wildman–Crippen MR) is 80.4 cm³/mol. The maximum atomic E-state index is 11.2. The van der Waals surface area contributed by atoms with Crippen LogP contribution in [0.2, 0.25) is 0 Å². The van der Waals surface area contributed by atoms with Crippen molar-refractivity contribution in [1.29, 1.82) is 0 Å². The van der Waals surface area contributed by atoms with Gasteiger partial charge in [-0.15, -0.1) is 0 Å². The predicted octanol–water partition coefficient (Wildman–Crippen LogP) is 3.41. The Morgan fingerprint density at radius 1 is 1.15 bits per heavy atom. The quantitative estimate of drug-likeness (QED) is 0.897. The summed E-state index contributed by atoms with van der Waals surface area (Å²) in [6.07, 6.45) is 0. The zero-order valence-corrected chi connectivity index (χ0v) is 12.1. The van der Waals surface area contributed by atoms with Gasteiger partial charge < -0.3 is 10.4 Å². The van der Waals surface area contributed by atoms with E-state index in [0.29, 0.717) is 5.82 Å². The molecule has 0 saturated heterocycles. The van der Waals surface area contributed by atoms with Crippen LogP contribution in [0.4, 0.5) is 5.82 Å². The van der Waals surface area contributed by atoms with Crippen molar-refractivity contribution in [3.8, 4) is 11.3 Å². The molecule has 0 radical (unpaired) electrons. The third kappa shape index (κ3) is 2.50. The second-order valence-electron chi connectivity index (χ2n) is 4.92. The summed E-state index contributed by atoms with van der Waals surface area (Å²) in [4.78, 5) is 15.7. The van der Waals surface area contributed by atoms with Crippen LogP contribution in [0.15, 0.2) is 24.3 Å². The van der Waals surface area contributed by atoms with Gasteiger partial charge in [-0.3, -0.25) is 0 Å². The summed E-state index contributed by atoms with van der Waals surface area (Å²) in [5.41, 5.74) is 5.22. The molecule has 4 heteroatoms. The topological polar surface area (TPSA) is 62.2 Å².